The standard InChI is InChI=1S/C22H33N5/c1-5-11-20-21(12-6-2)26(4)22(25-20)17-27(16-10-8-14-23)18(3)19-13-7-9-15-24-19/h5-7,9,11-13,15,18H,8,10,14,16-17,23H2,1-4H3/b11-5-,12-6-. The maximum absolute atomic E-state index is 5.71. The van der Waals surface area contributed by atoms with Crippen LogP contribution in [0.4, 0.5) is 0 Å². The fourth-order valence-electron chi connectivity index (χ4n) is 3.22. The minimum absolute atomic E-state index is 0.219. The zero-order valence-electron chi connectivity index (χ0n) is 17.1. The number of aromatic nitrogens is 3. The largest absolute Gasteiger partial charge is 0.330 e. The molecule has 2 N–H and O–H groups in total. The lowest BCUT2D eigenvalue weighted by molar-refractivity contribution is 0.188. The molecule has 0 aliphatic carbocycles. The van der Waals surface area contributed by atoms with Gasteiger partial charge in [0, 0.05) is 19.3 Å². The van der Waals surface area contributed by atoms with Gasteiger partial charge in [0.05, 0.1) is 23.6 Å². The van der Waals surface area contributed by atoms with Crippen LogP contribution in [0.15, 0.2) is 36.5 Å². The van der Waals surface area contributed by atoms with E-state index in [1.807, 2.05) is 38.3 Å². The fourth-order valence-corrected chi connectivity index (χ4v) is 3.22. The van der Waals surface area contributed by atoms with Crippen molar-refractivity contribution in [2.45, 2.75) is 46.2 Å². The van der Waals surface area contributed by atoms with Crippen molar-refractivity contribution in [2.75, 3.05) is 13.1 Å². The molecule has 0 radical (unpaired) electrons. The summed E-state index contributed by atoms with van der Waals surface area (Å²) in [7, 11) is 2.09. The van der Waals surface area contributed by atoms with Crippen molar-refractivity contribution in [3.8, 4) is 0 Å². The number of nitrogens with zero attached hydrogens (tertiary/aromatic N) is 4. The Morgan fingerprint density at radius 2 is 1.96 bits per heavy atom. The van der Waals surface area contributed by atoms with Crippen molar-refractivity contribution < 1.29 is 0 Å². The molecule has 146 valence electrons. The molecular formula is C22H33N5. The maximum atomic E-state index is 5.71. The summed E-state index contributed by atoms with van der Waals surface area (Å²) < 4.78 is 2.19. The van der Waals surface area contributed by atoms with Gasteiger partial charge >= 0.3 is 0 Å². The number of hydrogen-bond donors (Lipinski definition) is 1. The molecule has 0 saturated carbocycles. The van der Waals surface area contributed by atoms with Crippen LogP contribution in [0.2, 0.25) is 0 Å². The highest BCUT2D eigenvalue weighted by Gasteiger charge is 2.20. The topological polar surface area (TPSA) is 60.0 Å². The van der Waals surface area contributed by atoms with Gasteiger partial charge in [-0.25, -0.2) is 4.98 Å². The number of pyridine rings is 1. The normalized spacial score (nSPS) is 13.3. The fraction of sp³-hybridized carbons (Fsp3) is 0.455. The summed E-state index contributed by atoms with van der Waals surface area (Å²) >= 11 is 0. The molecule has 0 saturated heterocycles. The van der Waals surface area contributed by atoms with Crippen molar-refractivity contribution in [1.82, 2.24) is 19.4 Å². The molecule has 0 bridgehead atoms. The average molecular weight is 368 g/mol. The van der Waals surface area contributed by atoms with Crippen molar-refractivity contribution >= 4 is 12.2 Å². The first-order valence-corrected chi connectivity index (χ1v) is 9.78. The summed E-state index contributed by atoms with van der Waals surface area (Å²) in [6.07, 6.45) is 12.2. The molecule has 2 aromatic heterocycles. The van der Waals surface area contributed by atoms with Crippen LogP contribution in [0.5, 0.6) is 0 Å². The summed E-state index contributed by atoms with van der Waals surface area (Å²) in [5, 5.41) is 0. The average Bonchev–Trinajstić information content (AvgIpc) is 2.97. The second-order valence-corrected chi connectivity index (χ2v) is 6.75. The van der Waals surface area contributed by atoms with E-state index in [0.717, 1.165) is 55.4 Å². The van der Waals surface area contributed by atoms with Crippen LogP contribution in [0, 0.1) is 0 Å². The SMILES string of the molecule is C/C=C\c1nc(CN(CCCCN)C(C)c2ccccn2)n(C)c1/C=C\C. The first kappa shape index (κ1) is 21.1. The van der Waals surface area contributed by atoms with Crippen LogP contribution in [0.3, 0.4) is 0 Å². The summed E-state index contributed by atoms with van der Waals surface area (Å²) in [5.41, 5.74) is 8.94. The van der Waals surface area contributed by atoms with E-state index in [2.05, 4.69) is 52.7 Å². The summed E-state index contributed by atoms with van der Waals surface area (Å²) in [6, 6.07) is 6.32. The molecule has 2 heterocycles. The first-order chi connectivity index (χ1) is 13.1. The monoisotopic (exact) mass is 367 g/mol. The lowest BCUT2D eigenvalue weighted by atomic mass is 10.1. The predicted octanol–water partition coefficient (Wildman–Crippen LogP) is 4.18. The second kappa shape index (κ2) is 10.8. The van der Waals surface area contributed by atoms with Crippen molar-refractivity contribution in [1.29, 1.82) is 0 Å². The highest BCUT2D eigenvalue weighted by molar-refractivity contribution is 5.60. The smallest absolute Gasteiger partial charge is 0.123 e. The van der Waals surface area contributed by atoms with E-state index in [0.29, 0.717) is 0 Å². The van der Waals surface area contributed by atoms with Gasteiger partial charge in [0.1, 0.15) is 5.82 Å². The molecular weight excluding hydrogens is 334 g/mol. The highest BCUT2D eigenvalue weighted by atomic mass is 15.2. The third-order valence-corrected chi connectivity index (χ3v) is 4.82. The van der Waals surface area contributed by atoms with Crippen LogP contribution < -0.4 is 5.73 Å². The van der Waals surface area contributed by atoms with E-state index >= 15 is 0 Å². The molecule has 27 heavy (non-hydrogen) atoms. The Labute approximate surface area is 163 Å². The van der Waals surface area contributed by atoms with Gasteiger partial charge in [-0.1, -0.05) is 18.2 Å². The summed E-state index contributed by atoms with van der Waals surface area (Å²) in [6.45, 7) is 8.75. The number of nitrogens with two attached hydrogens (primary N) is 1. The van der Waals surface area contributed by atoms with Gasteiger partial charge in [-0.3, -0.25) is 9.88 Å². The van der Waals surface area contributed by atoms with Crippen molar-refractivity contribution in [2.24, 2.45) is 12.8 Å². The molecule has 0 aromatic carbocycles. The Kier molecular flexibility index (Phi) is 8.43. The van der Waals surface area contributed by atoms with Gasteiger partial charge in [0.15, 0.2) is 0 Å². The third kappa shape index (κ3) is 5.62. The number of unbranched alkanes of at least 4 members (excludes halogenated alkanes) is 1. The van der Waals surface area contributed by atoms with Crippen LogP contribution in [-0.4, -0.2) is 32.5 Å². The van der Waals surface area contributed by atoms with Crippen LogP contribution in [0.25, 0.3) is 12.2 Å². The Morgan fingerprint density at radius 3 is 2.59 bits per heavy atom. The molecule has 0 amide bonds. The Balaban J connectivity index is 2.30. The molecule has 5 heteroatoms. The lowest BCUT2D eigenvalue weighted by Gasteiger charge is -2.28. The highest BCUT2D eigenvalue weighted by Crippen LogP contribution is 2.23. The molecule has 0 spiro atoms. The van der Waals surface area contributed by atoms with Gasteiger partial charge in [-0.05, 0) is 71.0 Å². The van der Waals surface area contributed by atoms with Gasteiger partial charge in [0.25, 0.3) is 0 Å². The molecule has 2 rings (SSSR count). The molecule has 1 atom stereocenters. The lowest BCUT2D eigenvalue weighted by Crippen LogP contribution is -2.30. The number of allylic oxidation sites excluding steroid dienone is 2. The van der Waals surface area contributed by atoms with Crippen molar-refractivity contribution in [3.05, 3.63) is 59.5 Å². The number of rotatable bonds is 10. The summed E-state index contributed by atoms with van der Waals surface area (Å²) in [5.74, 6) is 1.06. The van der Waals surface area contributed by atoms with E-state index in [1.54, 1.807) is 0 Å². The quantitative estimate of drug-likeness (QED) is 0.640. The molecule has 0 aliphatic heterocycles. The maximum Gasteiger partial charge on any atom is 0.123 e. The zero-order valence-corrected chi connectivity index (χ0v) is 17.1. The summed E-state index contributed by atoms with van der Waals surface area (Å²) in [4.78, 5) is 11.9. The zero-order chi connectivity index (χ0) is 19.6. The number of imidazole rings is 1. The Hall–Kier alpha value is -2.24. The van der Waals surface area contributed by atoms with E-state index < -0.39 is 0 Å². The molecule has 0 aliphatic rings. The second-order valence-electron chi connectivity index (χ2n) is 6.75. The van der Waals surface area contributed by atoms with E-state index in [1.165, 1.54) is 0 Å². The third-order valence-electron chi connectivity index (χ3n) is 4.82. The van der Waals surface area contributed by atoms with Crippen LogP contribution >= 0.6 is 0 Å². The van der Waals surface area contributed by atoms with Gasteiger partial charge in [0.2, 0.25) is 0 Å². The molecule has 0 fully saturated rings. The van der Waals surface area contributed by atoms with Gasteiger partial charge < -0.3 is 10.3 Å². The van der Waals surface area contributed by atoms with Gasteiger partial charge in [-0.2, -0.15) is 0 Å². The molecule has 2 aromatic rings. The van der Waals surface area contributed by atoms with Crippen molar-refractivity contribution in [3.63, 3.8) is 0 Å². The number of hydrogen-bond acceptors (Lipinski definition) is 4. The van der Waals surface area contributed by atoms with Crippen LogP contribution in [-0.2, 0) is 13.6 Å². The van der Waals surface area contributed by atoms with E-state index in [9.17, 15) is 0 Å². The predicted molar refractivity (Wildman–Crippen MR) is 114 cm³/mol. The Bertz CT molecular complexity index is 746. The van der Waals surface area contributed by atoms with Crippen LogP contribution in [0.1, 0.15) is 62.6 Å². The van der Waals surface area contributed by atoms with E-state index in [-0.39, 0.29) is 6.04 Å². The van der Waals surface area contributed by atoms with E-state index in [4.69, 9.17) is 10.7 Å². The van der Waals surface area contributed by atoms with Gasteiger partial charge in [-0.15, -0.1) is 0 Å². The minimum atomic E-state index is 0.219. The Morgan fingerprint density at radius 1 is 1.19 bits per heavy atom. The minimum Gasteiger partial charge on any atom is -0.330 e. The molecule has 5 nitrogen and oxygen atoms in total. The molecule has 1 unspecified atom stereocenters. The first-order valence-electron chi connectivity index (χ1n) is 9.78.